The number of carbonyl (C=O) groups is 2. The van der Waals surface area contributed by atoms with Gasteiger partial charge in [0.2, 0.25) is 5.91 Å². The van der Waals surface area contributed by atoms with E-state index < -0.39 is 5.60 Å². The molecule has 1 aliphatic heterocycles. The Balaban J connectivity index is 1.78. The van der Waals surface area contributed by atoms with Crippen LogP contribution < -0.4 is 5.43 Å². The van der Waals surface area contributed by atoms with Gasteiger partial charge in [-0.15, -0.1) is 0 Å². The predicted molar refractivity (Wildman–Crippen MR) is 102 cm³/mol. The zero-order chi connectivity index (χ0) is 19.2. The third kappa shape index (κ3) is 6.38. The van der Waals surface area contributed by atoms with Crippen LogP contribution in [0.25, 0.3) is 0 Å². The van der Waals surface area contributed by atoms with Crippen LogP contribution in [0, 0.1) is 0 Å². The van der Waals surface area contributed by atoms with Crippen LogP contribution in [0.3, 0.4) is 0 Å². The van der Waals surface area contributed by atoms with Gasteiger partial charge < -0.3 is 14.5 Å². The summed E-state index contributed by atoms with van der Waals surface area (Å²) in [6, 6.07) is 9.59. The van der Waals surface area contributed by atoms with Crippen LogP contribution in [-0.2, 0) is 9.53 Å². The highest BCUT2D eigenvalue weighted by atomic mass is 16.6. The number of rotatable bonds is 4. The summed E-state index contributed by atoms with van der Waals surface area (Å²) >= 11 is 0. The predicted octanol–water partition coefficient (Wildman–Crippen LogP) is 2.94. The van der Waals surface area contributed by atoms with Crippen molar-refractivity contribution in [1.82, 2.24) is 9.80 Å². The van der Waals surface area contributed by atoms with E-state index in [1.807, 2.05) is 58.0 Å². The number of ether oxygens (including phenoxy) is 1. The number of anilines is 1. The summed E-state index contributed by atoms with van der Waals surface area (Å²) < 4.78 is 5.37. The number of nitrogens with one attached hydrogen (secondary N) is 1. The molecule has 0 spiro atoms. The van der Waals surface area contributed by atoms with Crippen LogP contribution >= 0.6 is 0 Å². The number of nitrogens with zero attached hydrogens (tertiary/aromatic N) is 3. The van der Waals surface area contributed by atoms with E-state index in [9.17, 15) is 9.59 Å². The number of para-hydroxylation sites is 1. The summed E-state index contributed by atoms with van der Waals surface area (Å²) in [5.41, 5.74) is 4.03. The van der Waals surface area contributed by atoms with Crippen molar-refractivity contribution in [2.45, 2.75) is 39.7 Å². The van der Waals surface area contributed by atoms with Crippen molar-refractivity contribution in [2.75, 3.05) is 31.6 Å². The lowest BCUT2D eigenvalue weighted by Gasteiger charge is -2.35. The fourth-order valence-corrected chi connectivity index (χ4v) is 2.51. The van der Waals surface area contributed by atoms with E-state index in [0.29, 0.717) is 31.9 Å². The molecule has 0 aromatic heterocycles. The fraction of sp³-hybridized carbons (Fsp3) is 0.526. The average molecular weight is 360 g/mol. The van der Waals surface area contributed by atoms with Crippen molar-refractivity contribution < 1.29 is 14.3 Å². The van der Waals surface area contributed by atoms with E-state index in [0.717, 1.165) is 5.69 Å². The Bertz CT molecular complexity index is 644. The number of hydrazone groups is 1. The molecule has 2 rings (SSSR count). The summed E-state index contributed by atoms with van der Waals surface area (Å²) in [4.78, 5) is 27.9. The topological polar surface area (TPSA) is 74.2 Å². The minimum absolute atomic E-state index is 0.0185. The summed E-state index contributed by atoms with van der Waals surface area (Å²) in [6.07, 6.45) is -0.0684. The molecule has 1 fully saturated rings. The van der Waals surface area contributed by atoms with E-state index >= 15 is 0 Å². The lowest BCUT2D eigenvalue weighted by atomic mass is 10.2. The van der Waals surface area contributed by atoms with E-state index in [4.69, 9.17) is 4.74 Å². The van der Waals surface area contributed by atoms with Crippen molar-refractivity contribution in [3.8, 4) is 0 Å². The lowest BCUT2D eigenvalue weighted by molar-refractivity contribution is -0.131. The highest BCUT2D eigenvalue weighted by molar-refractivity contribution is 6.00. The number of piperazine rings is 1. The van der Waals surface area contributed by atoms with Crippen molar-refractivity contribution in [2.24, 2.45) is 5.10 Å². The first-order chi connectivity index (χ1) is 12.2. The Hall–Kier alpha value is -2.57. The van der Waals surface area contributed by atoms with Crippen molar-refractivity contribution in [3.63, 3.8) is 0 Å². The summed E-state index contributed by atoms with van der Waals surface area (Å²) in [6.45, 7) is 9.35. The van der Waals surface area contributed by atoms with Gasteiger partial charge in [-0.3, -0.25) is 10.2 Å². The molecule has 1 heterocycles. The number of hydrogen-bond donors (Lipinski definition) is 1. The minimum Gasteiger partial charge on any atom is -0.444 e. The second-order valence-corrected chi connectivity index (χ2v) is 7.35. The standard InChI is InChI=1S/C19H28N4O3/c1-15(20-21-16-8-6-5-7-9-16)14-17(24)22-10-12-23(13-11-22)18(25)26-19(2,3)4/h5-9,21H,10-14H2,1-4H3/b20-15-. The molecule has 0 aliphatic carbocycles. The average Bonchev–Trinajstić information content (AvgIpc) is 2.59. The van der Waals surface area contributed by atoms with Gasteiger partial charge >= 0.3 is 6.09 Å². The van der Waals surface area contributed by atoms with E-state index in [2.05, 4.69) is 10.5 Å². The van der Waals surface area contributed by atoms with Gasteiger partial charge in [-0.2, -0.15) is 5.10 Å². The maximum Gasteiger partial charge on any atom is 0.410 e. The molecular formula is C19H28N4O3. The van der Waals surface area contributed by atoms with Gasteiger partial charge in [0.25, 0.3) is 0 Å². The molecule has 1 aromatic carbocycles. The summed E-state index contributed by atoms with van der Waals surface area (Å²) in [5.74, 6) is 0.0185. The Morgan fingerprint density at radius 2 is 1.65 bits per heavy atom. The molecule has 1 aromatic rings. The van der Waals surface area contributed by atoms with Gasteiger partial charge in [-0.25, -0.2) is 4.79 Å². The van der Waals surface area contributed by atoms with Crippen LogP contribution in [-0.4, -0.2) is 59.3 Å². The van der Waals surface area contributed by atoms with Gasteiger partial charge in [0, 0.05) is 31.9 Å². The summed E-state index contributed by atoms with van der Waals surface area (Å²) in [7, 11) is 0. The second kappa shape index (κ2) is 8.69. The molecule has 1 N–H and O–H groups in total. The zero-order valence-corrected chi connectivity index (χ0v) is 16.0. The molecule has 26 heavy (non-hydrogen) atoms. The third-order valence-corrected chi connectivity index (χ3v) is 3.84. The highest BCUT2D eigenvalue weighted by Gasteiger charge is 2.27. The first-order valence-corrected chi connectivity index (χ1v) is 8.84. The van der Waals surface area contributed by atoms with E-state index in [1.165, 1.54) is 0 Å². The quantitative estimate of drug-likeness (QED) is 0.662. The normalized spacial score (nSPS) is 15.6. The van der Waals surface area contributed by atoms with Gasteiger partial charge in [0.05, 0.1) is 12.1 Å². The molecule has 0 unspecified atom stereocenters. The molecule has 2 amide bonds. The van der Waals surface area contributed by atoms with Crippen molar-refractivity contribution >= 4 is 23.4 Å². The first kappa shape index (κ1) is 19.8. The number of carbonyl (C=O) groups excluding carboxylic acids is 2. The van der Waals surface area contributed by atoms with Crippen molar-refractivity contribution in [3.05, 3.63) is 30.3 Å². The maximum absolute atomic E-state index is 12.4. The number of amides is 2. The number of hydrogen-bond acceptors (Lipinski definition) is 5. The number of benzene rings is 1. The third-order valence-electron chi connectivity index (χ3n) is 3.84. The second-order valence-electron chi connectivity index (χ2n) is 7.35. The van der Waals surface area contributed by atoms with Crippen LogP contribution in [0.4, 0.5) is 10.5 Å². The zero-order valence-electron chi connectivity index (χ0n) is 16.0. The van der Waals surface area contributed by atoms with Gasteiger partial charge in [-0.05, 0) is 39.8 Å². The molecule has 1 aliphatic rings. The van der Waals surface area contributed by atoms with Crippen LogP contribution in [0.1, 0.15) is 34.1 Å². The molecular weight excluding hydrogens is 332 g/mol. The molecule has 7 nitrogen and oxygen atoms in total. The molecule has 0 bridgehead atoms. The van der Waals surface area contributed by atoms with Gasteiger partial charge in [-0.1, -0.05) is 18.2 Å². The highest BCUT2D eigenvalue weighted by Crippen LogP contribution is 2.12. The van der Waals surface area contributed by atoms with Crippen LogP contribution in [0.2, 0.25) is 0 Å². The SMILES string of the molecule is C/C(CC(=O)N1CCN(C(=O)OC(C)(C)C)CC1)=N/Nc1ccccc1. The first-order valence-electron chi connectivity index (χ1n) is 8.84. The molecule has 142 valence electrons. The Kier molecular flexibility index (Phi) is 6.60. The fourth-order valence-electron chi connectivity index (χ4n) is 2.51. The smallest absolute Gasteiger partial charge is 0.410 e. The minimum atomic E-state index is -0.511. The summed E-state index contributed by atoms with van der Waals surface area (Å²) in [5, 5.41) is 4.25. The van der Waals surface area contributed by atoms with Gasteiger partial charge in [0.15, 0.2) is 0 Å². The molecule has 7 heteroatoms. The molecule has 0 atom stereocenters. The van der Waals surface area contributed by atoms with E-state index in [-0.39, 0.29) is 18.4 Å². The van der Waals surface area contributed by atoms with Crippen molar-refractivity contribution in [1.29, 1.82) is 0 Å². The Labute approximate surface area is 155 Å². The van der Waals surface area contributed by atoms with Gasteiger partial charge in [0.1, 0.15) is 5.60 Å². The largest absolute Gasteiger partial charge is 0.444 e. The van der Waals surface area contributed by atoms with Crippen LogP contribution in [0.15, 0.2) is 35.4 Å². The Morgan fingerprint density at radius 3 is 2.23 bits per heavy atom. The maximum atomic E-state index is 12.4. The van der Waals surface area contributed by atoms with Crippen LogP contribution in [0.5, 0.6) is 0 Å². The monoisotopic (exact) mass is 360 g/mol. The molecule has 0 radical (unpaired) electrons. The van der Waals surface area contributed by atoms with E-state index in [1.54, 1.807) is 9.80 Å². The molecule has 0 saturated carbocycles. The Morgan fingerprint density at radius 1 is 1.08 bits per heavy atom. The molecule has 1 saturated heterocycles. The lowest BCUT2D eigenvalue weighted by Crippen LogP contribution is -2.51.